The summed E-state index contributed by atoms with van der Waals surface area (Å²) in [6, 6.07) is 3.63. The van der Waals surface area contributed by atoms with Crippen LogP contribution in [0.1, 0.15) is 38.5 Å². The molecular formula is C14H22N4O4. The van der Waals surface area contributed by atoms with Gasteiger partial charge in [0.25, 0.3) is 11.4 Å². The monoisotopic (exact) mass is 310 g/mol. The van der Waals surface area contributed by atoms with Gasteiger partial charge < -0.3 is 11.1 Å². The van der Waals surface area contributed by atoms with Gasteiger partial charge in [-0.3, -0.25) is 20.2 Å². The summed E-state index contributed by atoms with van der Waals surface area (Å²) in [5.74, 6) is 0. The summed E-state index contributed by atoms with van der Waals surface area (Å²) in [4.78, 5) is 20.4. The normalized spacial score (nSPS) is 10.4. The largest absolute Gasteiger partial charge is 0.379 e. The summed E-state index contributed by atoms with van der Waals surface area (Å²) in [5, 5.41) is 24.6. The van der Waals surface area contributed by atoms with Crippen LogP contribution in [0.4, 0.5) is 17.1 Å². The summed E-state index contributed by atoms with van der Waals surface area (Å²) in [7, 11) is 0. The topological polar surface area (TPSA) is 124 Å². The Kier molecular flexibility index (Phi) is 7.84. The Labute approximate surface area is 129 Å². The van der Waals surface area contributed by atoms with Crippen molar-refractivity contribution in [3.63, 3.8) is 0 Å². The average molecular weight is 310 g/mol. The third kappa shape index (κ3) is 6.04. The minimum atomic E-state index is -0.641. The van der Waals surface area contributed by atoms with Crippen LogP contribution in [0.25, 0.3) is 0 Å². The molecule has 0 aliphatic heterocycles. The number of unbranched alkanes of at least 4 members (excludes halogenated alkanes) is 5. The van der Waals surface area contributed by atoms with E-state index in [0.29, 0.717) is 12.2 Å². The van der Waals surface area contributed by atoms with E-state index < -0.39 is 9.85 Å². The van der Waals surface area contributed by atoms with Crippen molar-refractivity contribution >= 4 is 17.1 Å². The highest BCUT2D eigenvalue weighted by atomic mass is 16.6. The van der Waals surface area contributed by atoms with Crippen molar-refractivity contribution in [1.82, 2.24) is 0 Å². The number of rotatable bonds is 11. The van der Waals surface area contributed by atoms with Crippen molar-refractivity contribution in [3.05, 3.63) is 38.4 Å². The number of benzene rings is 1. The number of nitrogens with zero attached hydrogens (tertiary/aromatic N) is 2. The van der Waals surface area contributed by atoms with Crippen molar-refractivity contribution in [3.8, 4) is 0 Å². The summed E-state index contributed by atoms with van der Waals surface area (Å²) in [5.41, 5.74) is 5.19. The van der Waals surface area contributed by atoms with Crippen LogP contribution in [-0.4, -0.2) is 22.9 Å². The third-order valence-electron chi connectivity index (χ3n) is 3.34. The molecule has 0 fully saturated rings. The Bertz CT molecular complexity index is 508. The van der Waals surface area contributed by atoms with Gasteiger partial charge >= 0.3 is 0 Å². The van der Waals surface area contributed by atoms with E-state index in [9.17, 15) is 20.2 Å². The lowest BCUT2D eigenvalue weighted by atomic mass is 10.1. The first-order chi connectivity index (χ1) is 10.6. The number of nitro benzene ring substituents is 2. The highest BCUT2D eigenvalue weighted by Crippen LogP contribution is 2.28. The smallest absolute Gasteiger partial charge is 0.299 e. The van der Waals surface area contributed by atoms with Crippen molar-refractivity contribution in [2.75, 3.05) is 18.4 Å². The molecule has 1 aromatic carbocycles. The Morgan fingerprint density at radius 1 is 0.955 bits per heavy atom. The standard InChI is InChI=1S/C14H22N4O4/c15-9-5-3-1-2-4-6-10-16-13-8-7-12(17(19)20)11-14(13)18(21)22/h7-8,11,16H,1-6,9-10,15H2. The van der Waals surface area contributed by atoms with Crippen LogP contribution in [0, 0.1) is 20.2 Å². The van der Waals surface area contributed by atoms with Gasteiger partial charge in [-0.15, -0.1) is 0 Å². The minimum Gasteiger partial charge on any atom is -0.379 e. The molecule has 0 saturated carbocycles. The summed E-state index contributed by atoms with van der Waals surface area (Å²) >= 11 is 0. The molecule has 0 aliphatic carbocycles. The van der Waals surface area contributed by atoms with Gasteiger partial charge in [0, 0.05) is 12.6 Å². The molecule has 1 aromatic rings. The molecular weight excluding hydrogens is 288 g/mol. The number of anilines is 1. The lowest BCUT2D eigenvalue weighted by molar-refractivity contribution is -0.393. The van der Waals surface area contributed by atoms with Gasteiger partial charge in [-0.25, -0.2) is 0 Å². The van der Waals surface area contributed by atoms with Gasteiger partial charge in [0.1, 0.15) is 5.69 Å². The zero-order valence-corrected chi connectivity index (χ0v) is 12.5. The Morgan fingerprint density at radius 2 is 1.59 bits per heavy atom. The summed E-state index contributed by atoms with van der Waals surface area (Å²) in [6.45, 7) is 1.33. The number of non-ortho nitro benzene ring substituents is 1. The Hall–Kier alpha value is -2.22. The maximum Gasteiger partial charge on any atom is 0.299 e. The molecule has 0 saturated heterocycles. The lowest BCUT2D eigenvalue weighted by Crippen LogP contribution is -2.05. The second-order valence-corrected chi connectivity index (χ2v) is 5.05. The third-order valence-corrected chi connectivity index (χ3v) is 3.34. The molecule has 0 spiro atoms. The fourth-order valence-electron chi connectivity index (χ4n) is 2.13. The van der Waals surface area contributed by atoms with E-state index >= 15 is 0 Å². The fraction of sp³-hybridized carbons (Fsp3) is 0.571. The molecule has 0 atom stereocenters. The Morgan fingerprint density at radius 3 is 2.18 bits per heavy atom. The second-order valence-electron chi connectivity index (χ2n) is 5.05. The van der Waals surface area contributed by atoms with Crippen LogP contribution in [-0.2, 0) is 0 Å². The van der Waals surface area contributed by atoms with Crippen LogP contribution < -0.4 is 11.1 Å². The van der Waals surface area contributed by atoms with Gasteiger partial charge in [0.2, 0.25) is 0 Å². The average Bonchev–Trinajstić information content (AvgIpc) is 2.49. The molecule has 0 aliphatic rings. The first-order valence-electron chi connectivity index (χ1n) is 7.43. The highest BCUT2D eigenvalue weighted by molar-refractivity contribution is 5.65. The molecule has 0 aromatic heterocycles. The lowest BCUT2D eigenvalue weighted by Gasteiger charge is -2.07. The van der Waals surface area contributed by atoms with Crippen LogP contribution in [0.3, 0.4) is 0 Å². The highest BCUT2D eigenvalue weighted by Gasteiger charge is 2.18. The number of hydrogen-bond acceptors (Lipinski definition) is 6. The zero-order valence-electron chi connectivity index (χ0n) is 12.5. The van der Waals surface area contributed by atoms with Gasteiger partial charge in [-0.2, -0.15) is 0 Å². The first-order valence-corrected chi connectivity index (χ1v) is 7.43. The fourth-order valence-corrected chi connectivity index (χ4v) is 2.13. The van der Waals surface area contributed by atoms with Gasteiger partial charge in [-0.1, -0.05) is 25.7 Å². The molecule has 0 unspecified atom stereocenters. The molecule has 3 N–H and O–H groups in total. The van der Waals surface area contributed by atoms with E-state index in [1.54, 1.807) is 0 Å². The van der Waals surface area contributed by atoms with Crippen LogP contribution in [0.2, 0.25) is 0 Å². The molecule has 0 heterocycles. The van der Waals surface area contributed by atoms with E-state index in [1.165, 1.54) is 12.1 Å². The molecule has 8 heteroatoms. The molecule has 22 heavy (non-hydrogen) atoms. The number of hydrogen-bond donors (Lipinski definition) is 2. The SMILES string of the molecule is NCCCCCCCCNc1ccc([N+](=O)[O-])cc1[N+](=O)[O-]. The molecule has 122 valence electrons. The van der Waals surface area contributed by atoms with Crippen molar-refractivity contribution < 1.29 is 9.85 Å². The van der Waals surface area contributed by atoms with E-state index in [1.807, 2.05) is 0 Å². The molecule has 0 radical (unpaired) electrons. The Balaban J connectivity index is 2.42. The number of nitrogens with two attached hydrogens (primary N) is 1. The molecule has 0 bridgehead atoms. The number of nitrogens with one attached hydrogen (secondary N) is 1. The summed E-state index contributed by atoms with van der Waals surface area (Å²) < 4.78 is 0. The molecule has 0 amide bonds. The number of nitro groups is 2. The maximum atomic E-state index is 11.0. The van der Waals surface area contributed by atoms with Gasteiger partial charge in [0.05, 0.1) is 15.9 Å². The van der Waals surface area contributed by atoms with E-state index in [4.69, 9.17) is 5.73 Å². The molecule has 8 nitrogen and oxygen atoms in total. The van der Waals surface area contributed by atoms with Gasteiger partial charge in [0.15, 0.2) is 0 Å². The van der Waals surface area contributed by atoms with Crippen LogP contribution in [0.15, 0.2) is 18.2 Å². The van der Waals surface area contributed by atoms with Crippen molar-refractivity contribution in [1.29, 1.82) is 0 Å². The second kappa shape index (κ2) is 9.67. The van der Waals surface area contributed by atoms with E-state index in [2.05, 4.69) is 5.32 Å². The van der Waals surface area contributed by atoms with Gasteiger partial charge in [-0.05, 0) is 25.5 Å². The van der Waals surface area contributed by atoms with Crippen molar-refractivity contribution in [2.24, 2.45) is 5.73 Å². The van der Waals surface area contributed by atoms with Crippen molar-refractivity contribution in [2.45, 2.75) is 38.5 Å². The first kappa shape index (κ1) is 17.8. The van der Waals surface area contributed by atoms with E-state index in [0.717, 1.165) is 51.1 Å². The molecule has 1 rings (SSSR count). The predicted molar refractivity (Wildman–Crippen MR) is 85.0 cm³/mol. The predicted octanol–water partition coefficient (Wildman–Crippen LogP) is 3.21. The maximum absolute atomic E-state index is 11.0. The van der Waals surface area contributed by atoms with Crippen LogP contribution >= 0.6 is 0 Å². The quantitative estimate of drug-likeness (QED) is 0.367. The van der Waals surface area contributed by atoms with Crippen LogP contribution in [0.5, 0.6) is 0 Å². The zero-order chi connectivity index (χ0) is 16.4. The summed E-state index contributed by atoms with van der Waals surface area (Å²) in [6.07, 6.45) is 6.39. The van der Waals surface area contributed by atoms with E-state index in [-0.39, 0.29) is 11.4 Å². The minimum absolute atomic E-state index is 0.267.